The van der Waals surface area contributed by atoms with Crippen molar-refractivity contribution in [3.05, 3.63) is 53.1 Å². The van der Waals surface area contributed by atoms with Gasteiger partial charge in [0.25, 0.3) is 0 Å². The third-order valence-electron chi connectivity index (χ3n) is 2.88. The lowest BCUT2D eigenvalue weighted by Gasteiger charge is -2.06. The molecule has 0 atom stereocenters. The van der Waals surface area contributed by atoms with Gasteiger partial charge in [0.05, 0.1) is 17.5 Å². The maximum absolute atomic E-state index is 11.1. The highest BCUT2D eigenvalue weighted by atomic mass is 32.2. The van der Waals surface area contributed by atoms with Gasteiger partial charge in [0.2, 0.25) is 10.0 Å². The Morgan fingerprint density at radius 1 is 1.27 bits per heavy atom. The van der Waals surface area contributed by atoms with Crippen LogP contribution < -0.4 is 4.72 Å². The number of aryl methyl sites for hydroxylation is 1. The zero-order valence-corrected chi connectivity index (χ0v) is 12.9. The molecule has 2 N–H and O–H groups in total. The maximum atomic E-state index is 11.1. The Morgan fingerprint density at radius 3 is 2.41 bits per heavy atom. The molecule has 22 heavy (non-hydrogen) atoms. The summed E-state index contributed by atoms with van der Waals surface area (Å²) in [6.07, 6.45) is 2.81. The van der Waals surface area contributed by atoms with Crippen LogP contribution in [0.2, 0.25) is 0 Å². The first-order valence-corrected chi connectivity index (χ1v) is 8.26. The van der Waals surface area contributed by atoms with Crippen molar-refractivity contribution in [3.8, 4) is 0 Å². The minimum absolute atomic E-state index is 0.0800. The quantitative estimate of drug-likeness (QED) is 0.862. The van der Waals surface area contributed by atoms with Crippen LogP contribution in [-0.4, -0.2) is 35.7 Å². The van der Waals surface area contributed by atoms with Crippen LogP contribution in [0.4, 0.5) is 5.69 Å². The van der Waals surface area contributed by atoms with Crippen molar-refractivity contribution >= 4 is 21.7 Å². The summed E-state index contributed by atoms with van der Waals surface area (Å²) in [6.45, 7) is 1.62. The summed E-state index contributed by atoms with van der Waals surface area (Å²) in [5.74, 6) is -0.549. The average molecular weight is 321 g/mol. The van der Waals surface area contributed by atoms with E-state index >= 15 is 0 Å². The molecule has 0 unspecified atom stereocenters. The van der Waals surface area contributed by atoms with Gasteiger partial charge >= 0.3 is 5.97 Å². The normalized spacial score (nSPS) is 11.2. The minimum atomic E-state index is -3.30. The Morgan fingerprint density at radius 2 is 1.91 bits per heavy atom. The highest BCUT2D eigenvalue weighted by Gasteiger charge is 2.10. The van der Waals surface area contributed by atoms with Crippen LogP contribution in [0.15, 0.2) is 30.5 Å². The third kappa shape index (κ3) is 4.26. The van der Waals surface area contributed by atoms with Gasteiger partial charge in [0.1, 0.15) is 5.82 Å². The number of rotatable bonds is 5. The Bertz CT molecular complexity index is 801. The van der Waals surface area contributed by atoms with Crippen molar-refractivity contribution in [2.75, 3.05) is 11.0 Å². The van der Waals surface area contributed by atoms with E-state index in [-0.39, 0.29) is 5.56 Å². The van der Waals surface area contributed by atoms with E-state index in [1.807, 2.05) is 0 Å². The molecule has 0 saturated carbocycles. The van der Waals surface area contributed by atoms with E-state index in [0.29, 0.717) is 23.6 Å². The lowest BCUT2D eigenvalue weighted by Crippen LogP contribution is -2.09. The van der Waals surface area contributed by atoms with Crippen LogP contribution in [0, 0.1) is 6.92 Å². The van der Waals surface area contributed by atoms with Gasteiger partial charge in [0, 0.05) is 18.3 Å². The number of hydrogen-bond acceptors (Lipinski definition) is 5. The first-order valence-electron chi connectivity index (χ1n) is 6.37. The van der Waals surface area contributed by atoms with Crippen LogP contribution in [0.3, 0.4) is 0 Å². The molecule has 0 amide bonds. The zero-order valence-electron chi connectivity index (χ0n) is 12.1. The van der Waals surface area contributed by atoms with Crippen molar-refractivity contribution in [2.45, 2.75) is 13.3 Å². The highest BCUT2D eigenvalue weighted by Crippen LogP contribution is 2.13. The number of aromatic nitrogens is 2. The standard InChI is InChI=1S/C14H15N3O4S/c1-9-12(14(18)19)8-15-13(16-9)7-10-3-5-11(6-4-10)17-22(2,20)21/h3-6,8,17H,7H2,1-2H3,(H,18,19). The van der Waals surface area contributed by atoms with Crippen LogP contribution in [0.5, 0.6) is 0 Å². The fraction of sp³-hybridized carbons (Fsp3) is 0.214. The number of aromatic carboxylic acids is 1. The SMILES string of the molecule is Cc1nc(Cc2ccc(NS(C)(=O)=O)cc2)ncc1C(=O)O. The second-order valence-corrected chi connectivity index (χ2v) is 6.59. The monoisotopic (exact) mass is 321 g/mol. The van der Waals surface area contributed by atoms with Crippen molar-refractivity contribution in [3.63, 3.8) is 0 Å². The molecule has 0 aliphatic heterocycles. The fourth-order valence-electron chi connectivity index (χ4n) is 1.90. The molecule has 2 aromatic rings. The van der Waals surface area contributed by atoms with E-state index in [4.69, 9.17) is 5.11 Å². The number of carboxylic acid groups (broad SMARTS) is 1. The molecular formula is C14H15N3O4S. The van der Waals surface area contributed by atoms with Crippen LogP contribution in [0.1, 0.15) is 27.4 Å². The lowest BCUT2D eigenvalue weighted by molar-refractivity contribution is 0.0695. The largest absolute Gasteiger partial charge is 0.478 e. The minimum Gasteiger partial charge on any atom is -0.478 e. The molecule has 7 nitrogen and oxygen atoms in total. The maximum Gasteiger partial charge on any atom is 0.339 e. The Kier molecular flexibility index (Phi) is 4.41. The summed E-state index contributed by atoms with van der Waals surface area (Å²) >= 11 is 0. The second-order valence-electron chi connectivity index (χ2n) is 4.84. The predicted octanol–water partition coefficient (Wildman–Crippen LogP) is 1.45. The molecule has 0 saturated heterocycles. The number of benzene rings is 1. The van der Waals surface area contributed by atoms with Crippen molar-refractivity contribution < 1.29 is 18.3 Å². The van der Waals surface area contributed by atoms with E-state index in [9.17, 15) is 13.2 Å². The molecule has 0 aliphatic carbocycles. The topological polar surface area (TPSA) is 109 Å². The van der Waals surface area contributed by atoms with E-state index in [2.05, 4.69) is 14.7 Å². The van der Waals surface area contributed by atoms with E-state index < -0.39 is 16.0 Å². The van der Waals surface area contributed by atoms with E-state index in [1.54, 1.807) is 31.2 Å². The van der Waals surface area contributed by atoms with Crippen molar-refractivity contribution in [1.29, 1.82) is 0 Å². The molecule has 2 rings (SSSR count). The first kappa shape index (κ1) is 15.9. The Balaban J connectivity index is 2.14. The van der Waals surface area contributed by atoms with Gasteiger partial charge in [-0.3, -0.25) is 4.72 Å². The second kappa shape index (κ2) is 6.10. The number of hydrogen-bond donors (Lipinski definition) is 2. The lowest BCUT2D eigenvalue weighted by atomic mass is 10.1. The Labute approximate surface area is 128 Å². The van der Waals surface area contributed by atoms with Gasteiger partial charge in [-0.1, -0.05) is 12.1 Å². The fourth-order valence-corrected chi connectivity index (χ4v) is 2.46. The van der Waals surface area contributed by atoms with Gasteiger partial charge in [-0.15, -0.1) is 0 Å². The molecule has 0 aliphatic rings. The smallest absolute Gasteiger partial charge is 0.339 e. The highest BCUT2D eigenvalue weighted by molar-refractivity contribution is 7.92. The van der Waals surface area contributed by atoms with Gasteiger partial charge in [-0.2, -0.15) is 0 Å². The first-order chi connectivity index (χ1) is 10.2. The van der Waals surface area contributed by atoms with Crippen LogP contribution in [0.25, 0.3) is 0 Å². The molecule has 0 fully saturated rings. The Hall–Kier alpha value is -2.48. The van der Waals surface area contributed by atoms with Gasteiger partial charge in [-0.05, 0) is 24.6 Å². The summed E-state index contributed by atoms with van der Waals surface area (Å²) < 4.78 is 24.6. The summed E-state index contributed by atoms with van der Waals surface area (Å²) in [6, 6.07) is 6.82. The number of nitrogens with one attached hydrogen (secondary N) is 1. The summed E-state index contributed by atoms with van der Waals surface area (Å²) in [5.41, 5.74) is 1.86. The molecule has 1 aromatic heterocycles. The van der Waals surface area contributed by atoms with Crippen LogP contribution >= 0.6 is 0 Å². The number of nitrogens with zero attached hydrogens (tertiary/aromatic N) is 2. The average Bonchev–Trinajstić information content (AvgIpc) is 2.39. The van der Waals surface area contributed by atoms with E-state index in [1.165, 1.54) is 6.20 Å². The predicted molar refractivity (Wildman–Crippen MR) is 81.4 cm³/mol. The summed E-state index contributed by atoms with van der Waals surface area (Å²) in [4.78, 5) is 19.1. The molecule has 0 bridgehead atoms. The molecule has 1 heterocycles. The summed E-state index contributed by atoms with van der Waals surface area (Å²) in [5, 5.41) is 8.93. The van der Waals surface area contributed by atoms with E-state index in [0.717, 1.165) is 11.8 Å². The number of carbonyl (C=O) groups is 1. The molecule has 116 valence electrons. The number of carboxylic acids is 1. The van der Waals surface area contributed by atoms with Crippen molar-refractivity contribution in [1.82, 2.24) is 9.97 Å². The molecule has 0 radical (unpaired) electrons. The van der Waals surface area contributed by atoms with Gasteiger partial charge in [0.15, 0.2) is 0 Å². The summed E-state index contributed by atoms with van der Waals surface area (Å²) in [7, 11) is -3.30. The molecule has 0 spiro atoms. The zero-order chi connectivity index (χ0) is 16.3. The molecule has 1 aromatic carbocycles. The number of anilines is 1. The molecular weight excluding hydrogens is 306 g/mol. The van der Waals surface area contributed by atoms with Gasteiger partial charge in [-0.25, -0.2) is 23.2 Å². The number of sulfonamides is 1. The van der Waals surface area contributed by atoms with Crippen molar-refractivity contribution in [2.24, 2.45) is 0 Å². The molecule has 8 heteroatoms. The third-order valence-corrected chi connectivity index (χ3v) is 3.49. The van der Waals surface area contributed by atoms with Crippen LogP contribution in [-0.2, 0) is 16.4 Å². The van der Waals surface area contributed by atoms with Gasteiger partial charge < -0.3 is 5.11 Å².